The molecule has 0 aliphatic rings. The Hall–Kier alpha value is 0.0249. The van der Waals surface area contributed by atoms with E-state index in [2.05, 4.69) is 0 Å². The molecule has 0 heterocycles. The normalized spacial score (nSPS) is 6.50. The monoisotopic (exact) mass is 56.1 g/mol. The van der Waals surface area contributed by atoms with E-state index in [1.165, 1.54) is 0 Å². The average Bonchev–Trinajstić information content (AvgIpc) is 1.37. The molecule has 0 spiro atoms. The molecule has 0 bridgehead atoms. The van der Waals surface area contributed by atoms with Crippen molar-refractivity contribution in [1.82, 2.24) is 0 Å². The quantitative estimate of drug-likeness (QED) is 0.420. The predicted octanol–water partition coefficient (Wildman–Crippen LogP) is 0.00250. The van der Waals surface area contributed by atoms with Gasteiger partial charge in [0.05, 0.1) is 0 Å². The van der Waals surface area contributed by atoms with Gasteiger partial charge in [-0.15, -0.1) is 0 Å². The Morgan fingerprint density at radius 3 is 2.25 bits per heavy atom. The molecule has 0 unspecified atom stereocenters. The molecule has 0 aliphatic carbocycles. The third-order valence-electron chi connectivity index (χ3n) is 0.236. The molecule has 0 aromatic carbocycles. The van der Waals surface area contributed by atoms with Gasteiger partial charge in [-0.1, -0.05) is 13.2 Å². The topological polar surface area (TPSA) is 26.0 Å². The van der Waals surface area contributed by atoms with Crippen LogP contribution in [0.15, 0.2) is 0 Å². The van der Waals surface area contributed by atoms with Gasteiger partial charge in [-0.3, -0.25) is 0 Å². The fourth-order valence-corrected chi connectivity index (χ4v) is 0. The summed E-state index contributed by atoms with van der Waals surface area (Å²) < 4.78 is 0. The number of hydrogen-bond acceptors (Lipinski definition) is 1. The van der Waals surface area contributed by atoms with Gasteiger partial charge in [-0.25, -0.2) is 0 Å². The van der Waals surface area contributed by atoms with Gasteiger partial charge in [0.1, 0.15) is 0 Å². The Labute approximate surface area is 27.5 Å². The van der Waals surface area contributed by atoms with Crippen molar-refractivity contribution >= 4 is 7.41 Å². The number of nitrogens with two attached hydrogens (primary N) is 1. The standard InChI is InChI=1S/C2H7BN/c1-2-3-4/h2,4H2,1H3. The van der Waals surface area contributed by atoms with Crippen molar-refractivity contribution in [2.75, 3.05) is 0 Å². The summed E-state index contributed by atoms with van der Waals surface area (Å²) in [5.74, 6) is 0. The summed E-state index contributed by atoms with van der Waals surface area (Å²) in [6, 6.07) is 0. The Morgan fingerprint density at radius 1 is 2.00 bits per heavy atom. The molecule has 1 nitrogen and oxygen atoms in total. The maximum Gasteiger partial charge on any atom is 0.202 e. The van der Waals surface area contributed by atoms with Gasteiger partial charge in [0.2, 0.25) is 7.41 Å². The van der Waals surface area contributed by atoms with Crippen LogP contribution in [0.25, 0.3) is 0 Å². The minimum atomic E-state index is 0.972. The van der Waals surface area contributed by atoms with E-state index in [-0.39, 0.29) is 0 Å². The van der Waals surface area contributed by atoms with E-state index >= 15 is 0 Å². The van der Waals surface area contributed by atoms with Gasteiger partial charge >= 0.3 is 0 Å². The molecule has 0 fully saturated rings. The van der Waals surface area contributed by atoms with Crippen LogP contribution in [0.5, 0.6) is 0 Å². The van der Waals surface area contributed by atoms with Crippen molar-refractivity contribution in [1.29, 1.82) is 0 Å². The minimum Gasteiger partial charge on any atom is -0.374 e. The van der Waals surface area contributed by atoms with Crippen LogP contribution in [0.4, 0.5) is 0 Å². The van der Waals surface area contributed by atoms with Crippen LogP contribution in [-0.4, -0.2) is 7.41 Å². The molecule has 0 saturated carbocycles. The molecule has 0 rings (SSSR count). The second-order valence-corrected chi connectivity index (χ2v) is 0.644. The van der Waals surface area contributed by atoms with Gasteiger partial charge in [-0.2, -0.15) is 0 Å². The maximum atomic E-state index is 4.90. The van der Waals surface area contributed by atoms with Crippen molar-refractivity contribution in [2.24, 2.45) is 5.64 Å². The molecule has 0 amide bonds. The van der Waals surface area contributed by atoms with E-state index in [9.17, 15) is 0 Å². The number of rotatable bonds is 1. The van der Waals surface area contributed by atoms with Crippen molar-refractivity contribution in [3.8, 4) is 0 Å². The van der Waals surface area contributed by atoms with Crippen LogP contribution < -0.4 is 5.64 Å². The molecule has 0 aliphatic heterocycles. The predicted molar refractivity (Wildman–Crippen MR) is 20.4 cm³/mol. The third-order valence-corrected chi connectivity index (χ3v) is 0.236. The van der Waals surface area contributed by atoms with E-state index in [0.717, 1.165) is 6.32 Å². The molecule has 0 aromatic rings. The summed E-state index contributed by atoms with van der Waals surface area (Å²) in [7, 11) is 1.62. The lowest BCUT2D eigenvalue weighted by atomic mass is 9.94. The first-order valence-corrected chi connectivity index (χ1v) is 1.45. The molecule has 0 atom stereocenters. The second-order valence-electron chi connectivity index (χ2n) is 0.644. The Kier molecular flexibility index (Phi) is 3.04. The SMILES string of the molecule is CC[B]N. The van der Waals surface area contributed by atoms with Crippen LogP contribution in [0.3, 0.4) is 0 Å². The third kappa shape index (κ3) is 2.02. The molecule has 2 heteroatoms. The Balaban J connectivity index is 1.97. The maximum absolute atomic E-state index is 4.90. The Morgan fingerprint density at radius 2 is 2.25 bits per heavy atom. The van der Waals surface area contributed by atoms with Gasteiger partial charge in [0, 0.05) is 0 Å². The highest BCUT2D eigenvalue weighted by molar-refractivity contribution is 6.30. The average molecular weight is 55.9 g/mol. The molecule has 1 radical (unpaired) electrons. The summed E-state index contributed by atoms with van der Waals surface area (Å²) in [6.07, 6.45) is 0.972. The lowest BCUT2D eigenvalue weighted by Gasteiger charge is -1.65. The van der Waals surface area contributed by atoms with Crippen LogP contribution in [-0.2, 0) is 0 Å². The van der Waals surface area contributed by atoms with Crippen LogP contribution in [0.2, 0.25) is 6.32 Å². The zero-order valence-electron chi connectivity index (χ0n) is 2.86. The van der Waals surface area contributed by atoms with Crippen LogP contribution in [0.1, 0.15) is 6.92 Å². The van der Waals surface area contributed by atoms with Crippen LogP contribution in [0, 0.1) is 0 Å². The summed E-state index contributed by atoms with van der Waals surface area (Å²) in [6.45, 7) is 2.00. The second kappa shape index (κ2) is 3.02. The molecule has 0 aromatic heterocycles. The molecule has 0 saturated heterocycles. The van der Waals surface area contributed by atoms with Crippen molar-refractivity contribution in [2.45, 2.75) is 13.2 Å². The zero-order chi connectivity index (χ0) is 3.41. The van der Waals surface area contributed by atoms with E-state index in [1.807, 2.05) is 6.92 Å². The molecule has 4 heavy (non-hydrogen) atoms. The molecule has 2 N–H and O–H groups in total. The first kappa shape index (κ1) is 4.02. The highest BCUT2D eigenvalue weighted by Gasteiger charge is 1.62. The first-order chi connectivity index (χ1) is 1.91. The van der Waals surface area contributed by atoms with Gasteiger partial charge in [0.25, 0.3) is 0 Å². The van der Waals surface area contributed by atoms with Gasteiger partial charge in [0.15, 0.2) is 0 Å². The van der Waals surface area contributed by atoms with Crippen molar-refractivity contribution in [3.63, 3.8) is 0 Å². The summed E-state index contributed by atoms with van der Waals surface area (Å²) in [5.41, 5.74) is 4.90. The summed E-state index contributed by atoms with van der Waals surface area (Å²) in [4.78, 5) is 0. The number of hydrogen-bond donors (Lipinski definition) is 1. The zero-order valence-corrected chi connectivity index (χ0v) is 2.86. The minimum absolute atomic E-state index is 0.972. The first-order valence-electron chi connectivity index (χ1n) is 1.45. The molecule has 23 valence electrons. The highest BCUT2D eigenvalue weighted by Crippen LogP contribution is 1.56. The van der Waals surface area contributed by atoms with Crippen molar-refractivity contribution < 1.29 is 0 Å². The largest absolute Gasteiger partial charge is 0.374 e. The van der Waals surface area contributed by atoms with E-state index in [0.29, 0.717) is 0 Å². The van der Waals surface area contributed by atoms with Crippen LogP contribution >= 0.6 is 0 Å². The summed E-state index contributed by atoms with van der Waals surface area (Å²) in [5, 5.41) is 0. The lowest BCUT2D eigenvalue weighted by Crippen LogP contribution is -1.99. The highest BCUT2D eigenvalue weighted by atomic mass is 14.3. The molecular weight excluding hydrogens is 48.8 g/mol. The van der Waals surface area contributed by atoms with Gasteiger partial charge < -0.3 is 5.64 Å². The summed E-state index contributed by atoms with van der Waals surface area (Å²) >= 11 is 0. The van der Waals surface area contributed by atoms with E-state index in [1.54, 1.807) is 7.41 Å². The van der Waals surface area contributed by atoms with E-state index in [4.69, 9.17) is 5.64 Å². The van der Waals surface area contributed by atoms with Crippen molar-refractivity contribution in [3.05, 3.63) is 0 Å². The van der Waals surface area contributed by atoms with E-state index < -0.39 is 0 Å². The fraction of sp³-hybridized carbons (Fsp3) is 1.00. The fourth-order valence-electron chi connectivity index (χ4n) is 0. The lowest BCUT2D eigenvalue weighted by molar-refractivity contribution is 1.44. The Bertz CT molecular complexity index is 8.00. The molecular formula is C2H7BN. The smallest absolute Gasteiger partial charge is 0.202 e. The van der Waals surface area contributed by atoms with Gasteiger partial charge in [-0.05, 0) is 0 Å².